The van der Waals surface area contributed by atoms with Crippen molar-refractivity contribution < 1.29 is 4.79 Å². The van der Waals surface area contributed by atoms with E-state index in [-0.39, 0.29) is 11.5 Å². The summed E-state index contributed by atoms with van der Waals surface area (Å²) in [6.07, 6.45) is 3.54. The molecule has 1 aliphatic heterocycles. The average Bonchev–Trinajstić information content (AvgIpc) is 3.53. The van der Waals surface area contributed by atoms with Gasteiger partial charge in [-0.3, -0.25) is 19.3 Å². The SMILES string of the molecule is CC1=C(C(=O)Nc2ccccc2)[C@@H](c2ccccc2)n2c(s/c(=C/c3cn[nH]c3-c3ccccc3)c2=O)=N1. The van der Waals surface area contributed by atoms with Crippen molar-refractivity contribution in [2.45, 2.75) is 13.0 Å². The van der Waals surface area contributed by atoms with E-state index in [1.807, 2.05) is 104 Å². The van der Waals surface area contributed by atoms with Gasteiger partial charge in [-0.1, -0.05) is 90.2 Å². The first-order valence-electron chi connectivity index (χ1n) is 12.1. The molecule has 2 N–H and O–H groups in total. The quantitative estimate of drug-likeness (QED) is 0.365. The van der Waals surface area contributed by atoms with Crippen LogP contribution in [0.4, 0.5) is 5.69 Å². The number of H-pyrrole nitrogens is 1. The van der Waals surface area contributed by atoms with Crippen LogP contribution in [0.25, 0.3) is 17.3 Å². The fourth-order valence-corrected chi connectivity index (χ4v) is 5.70. The molecular weight excluding hydrogens is 494 g/mol. The Kier molecular flexibility index (Phi) is 6.15. The summed E-state index contributed by atoms with van der Waals surface area (Å²) < 4.78 is 2.14. The lowest BCUT2D eigenvalue weighted by Gasteiger charge is -2.25. The number of carbonyl (C=O) groups excluding carboxylic acids is 1. The molecule has 0 bridgehead atoms. The van der Waals surface area contributed by atoms with Crippen molar-refractivity contribution in [2.24, 2.45) is 4.99 Å². The van der Waals surface area contributed by atoms with Crippen molar-refractivity contribution in [2.75, 3.05) is 5.32 Å². The number of amides is 1. The molecule has 0 unspecified atom stereocenters. The van der Waals surface area contributed by atoms with Crippen LogP contribution in [0.2, 0.25) is 0 Å². The Morgan fingerprint density at radius 2 is 1.63 bits per heavy atom. The van der Waals surface area contributed by atoms with Gasteiger partial charge in [-0.05, 0) is 30.7 Å². The summed E-state index contributed by atoms with van der Waals surface area (Å²) in [5, 5.41) is 10.2. The van der Waals surface area contributed by atoms with Gasteiger partial charge < -0.3 is 5.32 Å². The average molecular weight is 518 g/mol. The molecule has 0 aliphatic carbocycles. The van der Waals surface area contributed by atoms with E-state index in [9.17, 15) is 9.59 Å². The van der Waals surface area contributed by atoms with Crippen molar-refractivity contribution >= 4 is 29.0 Å². The van der Waals surface area contributed by atoms with E-state index in [0.29, 0.717) is 26.3 Å². The maximum Gasteiger partial charge on any atom is 0.271 e. The highest BCUT2D eigenvalue weighted by Crippen LogP contribution is 2.30. The molecule has 1 atom stereocenters. The van der Waals surface area contributed by atoms with E-state index >= 15 is 0 Å². The largest absolute Gasteiger partial charge is 0.322 e. The Balaban J connectivity index is 1.49. The Labute approximate surface area is 222 Å². The number of rotatable bonds is 5. The molecule has 0 saturated carbocycles. The van der Waals surface area contributed by atoms with Gasteiger partial charge in [0.15, 0.2) is 4.80 Å². The molecule has 8 heteroatoms. The third-order valence-corrected chi connectivity index (χ3v) is 7.41. The first-order chi connectivity index (χ1) is 18.6. The molecule has 1 aliphatic rings. The van der Waals surface area contributed by atoms with Gasteiger partial charge in [-0.2, -0.15) is 5.10 Å². The fraction of sp³-hybridized carbons (Fsp3) is 0.0667. The van der Waals surface area contributed by atoms with Crippen LogP contribution in [-0.2, 0) is 4.79 Å². The number of anilines is 1. The van der Waals surface area contributed by atoms with Crippen molar-refractivity contribution in [3.63, 3.8) is 0 Å². The topological polar surface area (TPSA) is 92.1 Å². The number of carbonyl (C=O) groups is 1. The van der Waals surface area contributed by atoms with Crippen LogP contribution in [0.15, 0.2) is 118 Å². The predicted octanol–water partition coefficient (Wildman–Crippen LogP) is 4.26. The van der Waals surface area contributed by atoms with E-state index < -0.39 is 6.04 Å². The van der Waals surface area contributed by atoms with E-state index in [2.05, 4.69) is 15.5 Å². The van der Waals surface area contributed by atoms with Gasteiger partial charge in [0.2, 0.25) is 0 Å². The number of allylic oxidation sites excluding steroid dienone is 1. The summed E-state index contributed by atoms with van der Waals surface area (Å²) in [5.41, 5.74) is 4.92. The lowest BCUT2D eigenvalue weighted by atomic mass is 9.95. The standard InChI is InChI=1S/C30H23N5O2S/c1-19-25(28(36)33-23-15-9-4-10-16-23)27(21-13-7-3-8-14-21)35-29(37)24(38-30(35)32-19)17-22-18-31-34-26(22)20-11-5-2-6-12-20/h2-18,27H,1H3,(H,31,34)(H,33,36)/b24-17+/t27-/m1/s1. The molecule has 3 aromatic carbocycles. The molecule has 38 heavy (non-hydrogen) atoms. The van der Waals surface area contributed by atoms with Crippen LogP contribution in [0.1, 0.15) is 24.1 Å². The number of nitrogens with one attached hydrogen (secondary N) is 2. The van der Waals surface area contributed by atoms with Gasteiger partial charge in [0, 0.05) is 16.8 Å². The first-order valence-corrected chi connectivity index (χ1v) is 12.9. The molecule has 1 amide bonds. The van der Waals surface area contributed by atoms with E-state index in [1.165, 1.54) is 11.3 Å². The fourth-order valence-electron chi connectivity index (χ4n) is 4.66. The number of aromatic nitrogens is 3. The predicted molar refractivity (Wildman–Crippen MR) is 149 cm³/mol. The molecule has 2 aromatic heterocycles. The van der Waals surface area contributed by atoms with E-state index in [4.69, 9.17) is 4.99 Å². The molecule has 5 aromatic rings. The normalized spacial score (nSPS) is 15.2. The van der Waals surface area contributed by atoms with Gasteiger partial charge in [0.05, 0.1) is 33.7 Å². The van der Waals surface area contributed by atoms with Crippen LogP contribution in [0.5, 0.6) is 0 Å². The molecule has 6 rings (SSSR count). The Bertz CT molecular complexity index is 1840. The Hall–Kier alpha value is -4.82. The highest BCUT2D eigenvalue weighted by molar-refractivity contribution is 7.07. The van der Waals surface area contributed by atoms with Crippen molar-refractivity contribution in [3.05, 3.63) is 139 Å². The summed E-state index contributed by atoms with van der Waals surface area (Å²) in [4.78, 5) is 32.8. The summed E-state index contributed by atoms with van der Waals surface area (Å²) in [6, 6.07) is 28.1. The highest BCUT2D eigenvalue weighted by Gasteiger charge is 2.32. The number of benzene rings is 3. The van der Waals surface area contributed by atoms with Crippen LogP contribution in [0.3, 0.4) is 0 Å². The zero-order valence-electron chi connectivity index (χ0n) is 20.5. The van der Waals surface area contributed by atoms with Crippen LogP contribution in [0, 0.1) is 0 Å². The van der Waals surface area contributed by atoms with E-state index in [1.54, 1.807) is 10.8 Å². The number of fused-ring (bicyclic) bond motifs is 1. The molecule has 0 saturated heterocycles. The molecule has 186 valence electrons. The van der Waals surface area contributed by atoms with Gasteiger partial charge in [-0.25, -0.2) is 4.99 Å². The zero-order valence-corrected chi connectivity index (χ0v) is 21.3. The minimum absolute atomic E-state index is 0.208. The molecule has 0 radical (unpaired) electrons. The number of hydrogen-bond donors (Lipinski definition) is 2. The number of aromatic amines is 1. The second-order valence-electron chi connectivity index (χ2n) is 8.88. The minimum Gasteiger partial charge on any atom is -0.322 e. The highest BCUT2D eigenvalue weighted by atomic mass is 32.1. The van der Waals surface area contributed by atoms with Crippen molar-refractivity contribution in [1.29, 1.82) is 0 Å². The third kappa shape index (κ3) is 4.31. The number of thiazole rings is 1. The number of nitrogens with zero attached hydrogens (tertiary/aromatic N) is 3. The molecule has 0 spiro atoms. The first kappa shape index (κ1) is 23.6. The molecule has 7 nitrogen and oxygen atoms in total. The molecular formula is C30H23N5O2S. The van der Waals surface area contributed by atoms with Gasteiger partial charge in [-0.15, -0.1) is 0 Å². The second-order valence-corrected chi connectivity index (χ2v) is 9.89. The van der Waals surface area contributed by atoms with Crippen LogP contribution < -0.4 is 20.2 Å². The van der Waals surface area contributed by atoms with Crippen LogP contribution in [-0.4, -0.2) is 20.7 Å². The van der Waals surface area contributed by atoms with Crippen LogP contribution >= 0.6 is 11.3 Å². The number of para-hydroxylation sites is 1. The van der Waals surface area contributed by atoms with Gasteiger partial charge in [0.25, 0.3) is 11.5 Å². The second kappa shape index (κ2) is 9.91. The summed E-state index contributed by atoms with van der Waals surface area (Å²) in [6.45, 7) is 1.82. The monoisotopic (exact) mass is 517 g/mol. The smallest absolute Gasteiger partial charge is 0.271 e. The lowest BCUT2D eigenvalue weighted by molar-refractivity contribution is -0.113. The van der Waals surface area contributed by atoms with E-state index in [0.717, 1.165) is 22.4 Å². The Morgan fingerprint density at radius 1 is 0.974 bits per heavy atom. The lowest BCUT2D eigenvalue weighted by Crippen LogP contribution is -2.40. The summed E-state index contributed by atoms with van der Waals surface area (Å²) in [5.74, 6) is -0.290. The molecule has 0 fully saturated rings. The maximum absolute atomic E-state index is 13.9. The van der Waals surface area contributed by atoms with Crippen molar-refractivity contribution in [3.8, 4) is 11.3 Å². The third-order valence-electron chi connectivity index (χ3n) is 6.43. The molecule has 3 heterocycles. The minimum atomic E-state index is -0.615. The zero-order chi connectivity index (χ0) is 26.1. The summed E-state index contributed by atoms with van der Waals surface area (Å²) in [7, 11) is 0. The maximum atomic E-state index is 13.9. The number of hydrogen-bond acceptors (Lipinski definition) is 5. The summed E-state index contributed by atoms with van der Waals surface area (Å²) >= 11 is 1.30. The van der Waals surface area contributed by atoms with Crippen molar-refractivity contribution in [1.82, 2.24) is 14.8 Å². The Morgan fingerprint density at radius 3 is 2.34 bits per heavy atom. The van der Waals surface area contributed by atoms with Gasteiger partial charge in [0.1, 0.15) is 0 Å². The van der Waals surface area contributed by atoms with Gasteiger partial charge >= 0.3 is 0 Å².